The molecule has 1 unspecified atom stereocenters. The highest BCUT2D eigenvalue weighted by Crippen LogP contribution is 2.42. The minimum absolute atomic E-state index is 0.0647. The largest absolute Gasteiger partial charge is 0.496 e. The molecule has 1 N–H and O–H groups in total. The number of rotatable bonds is 6. The fraction of sp³-hybridized carbons (Fsp3) is 0.217. The molecule has 0 radical (unpaired) electrons. The van der Waals surface area contributed by atoms with Gasteiger partial charge in [-0.05, 0) is 49.2 Å². The lowest BCUT2D eigenvalue weighted by molar-refractivity contribution is -0.166. The van der Waals surface area contributed by atoms with Crippen LogP contribution < -0.4 is 10.1 Å². The molecule has 0 spiro atoms. The van der Waals surface area contributed by atoms with Crippen LogP contribution in [0.25, 0.3) is 11.1 Å². The van der Waals surface area contributed by atoms with E-state index in [-0.39, 0.29) is 11.3 Å². The van der Waals surface area contributed by atoms with Crippen LogP contribution in [0.4, 0.5) is 18.9 Å². The first kappa shape index (κ1) is 21.4. The number of ether oxygens (including phenoxy) is 1. The molecule has 0 bridgehead atoms. The number of benzene rings is 2. The highest BCUT2D eigenvalue weighted by atomic mass is 19.3. The molecule has 7 heteroatoms. The maximum absolute atomic E-state index is 15.0. The summed E-state index contributed by atoms with van der Waals surface area (Å²) in [5.74, 6) is -5.68. The van der Waals surface area contributed by atoms with Crippen LogP contribution in [0.5, 0.6) is 5.75 Å². The van der Waals surface area contributed by atoms with Crippen molar-refractivity contribution >= 4 is 11.6 Å². The quantitative estimate of drug-likeness (QED) is 0.578. The molecule has 0 fully saturated rings. The van der Waals surface area contributed by atoms with Crippen LogP contribution in [0, 0.1) is 6.92 Å². The number of nitrogens with one attached hydrogen (secondary N) is 1. The van der Waals surface area contributed by atoms with Gasteiger partial charge in [0.15, 0.2) is 0 Å². The van der Waals surface area contributed by atoms with E-state index in [1.807, 2.05) is 13.0 Å². The SMILES string of the molecule is COc1cc(NC(=O)C(F)(F)C(C)(F)c2ccccc2)ccc1-c1ccnc(C)c1. The number of carbonyl (C=O) groups is 1. The van der Waals surface area contributed by atoms with Crippen molar-refractivity contribution in [2.75, 3.05) is 12.4 Å². The monoisotopic (exact) mass is 414 g/mol. The van der Waals surface area contributed by atoms with Crippen molar-refractivity contribution in [1.82, 2.24) is 4.98 Å². The van der Waals surface area contributed by atoms with Gasteiger partial charge in [0.1, 0.15) is 5.75 Å². The predicted molar refractivity (Wildman–Crippen MR) is 109 cm³/mol. The number of aryl methyl sites for hydroxylation is 1. The van der Waals surface area contributed by atoms with E-state index >= 15 is 0 Å². The highest BCUT2D eigenvalue weighted by molar-refractivity contribution is 5.97. The summed E-state index contributed by atoms with van der Waals surface area (Å²) < 4.78 is 49.8. The highest BCUT2D eigenvalue weighted by Gasteiger charge is 2.58. The van der Waals surface area contributed by atoms with Gasteiger partial charge in [-0.1, -0.05) is 30.3 Å². The number of hydrogen-bond acceptors (Lipinski definition) is 3. The zero-order valence-corrected chi connectivity index (χ0v) is 16.7. The predicted octanol–water partition coefficient (Wildman–Crippen LogP) is 5.52. The molecule has 1 aromatic heterocycles. The van der Waals surface area contributed by atoms with Crippen molar-refractivity contribution < 1.29 is 22.7 Å². The molecule has 2 aromatic carbocycles. The summed E-state index contributed by atoms with van der Waals surface area (Å²) in [6.45, 7) is 2.53. The van der Waals surface area contributed by atoms with E-state index < -0.39 is 17.5 Å². The average molecular weight is 414 g/mol. The Balaban J connectivity index is 1.88. The first-order chi connectivity index (χ1) is 14.2. The summed E-state index contributed by atoms with van der Waals surface area (Å²) in [5, 5.41) is 2.10. The molecule has 30 heavy (non-hydrogen) atoms. The van der Waals surface area contributed by atoms with E-state index in [0.717, 1.165) is 11.3 Å². The van der Waals surface area contributed by atoms with Crippen molar-refractivity contribution in [2.45, 2.75) is 25.4 Å². The molecule has 156 valence electrons. The standard InChI is InChI=1S/C23H21F3N2O2/c1-15-13-16(11-12-27-15)19-10-9-18(14-20(19)30-3)28-21(29)23(25,26)22(2,24)17-7-5-4-6-8-17/h4-14H,1-3H3,(H,28,29). The Kier molecular flexibility index (Phi) is 5.82. The summed E-state index contributed by atoms with van der Waals surface area (Å²) in [7, 11) is 1.43. The number of halogens is 3. The molecule has 1 amide bonds. The Bertz CT molecular complexity index is 1050. The fourth-order valence-electron chi connectivity index (χ4n) is 3.08. The molecular formula is C23H21F3N2O2. The van der Waals surface area contributed by atoms with Gasteiger partial charge in [-0.15, -0.1) is 0 Å². The third-order valence-corrected chi connectivity index (χ3v) is 4.86. The summed E-state index contributed by atoms with van der Waals surface area (Å²) in [6.07, 6.45) is 1.64. The number of aromatic nitrogens is 1. The molecule has 0 aliphatic rings. The first-order valence-corrected chi connectivity index (χ1v) is 9.21. The van der Waals surface area contributed by atoms with Crippen LogP contribution in [0.2, 0.25) is 0 Å². The van der Waals surface area contributed by atoms with Gasteiger partial charge in [-0.2, -0.15) is 8.78 Å². The number of amides is 1. The minimum atomic E-state index is -4.30. The fourth-order valence-corrected chi connectivity index (χ4v) is 3.08. The summed E-state index contributed by atoms with van der Waals surface area (Å²) in [5.41, 5.74) is -1.08. The van der Waals surface area contributed by atoms with Crippen molar-refractivity contribution in [3.63, 3.8) is 0 Å². The van der Waals surface area contributed by atoms with E-state index in [1.165, 1.54) is 43.5 Å². The number of methoxy groups -OCH3 is 1. The van der Waals surface area contributed by atoms with Gasteiger partial charge in [-0.25, -0.2) is 4.39 Å². The van der Waals surface area contributed by atoms with Gasteiger partial charge in [0.25, 0.3) is 5.91 Å². The summed E-state index contributed by atoms with van der Waals surface area (Å²) >= 11 is 0. The third kappa shape index (κ3) is 4.01. The molecule has 1 atom stereocenters. The number of hydrogen-bond donors (Lipinski definition) is 1. The van der Waals surface area contributed by atoms with Gasteiger partial charge in [0.2, 0.25) is 5.67 Å². The van der Waals surface area contributed by atoms with Crippen LogP contribution in [-0.2, 0) is 10.5 Å². The minimum Gasteiger partial charge on any atom is -0.496 e. The Morgan fingerprint density at radius 1 is 1.03 bits per heavy atom. The van der Waals surface area contributed by atoms with Crippen LogP contribution >= 0.6 is 0 Å². The van der Waals surface area contributed by atoms with Crippen molar-refractivity contribution in [3.8, 4) is 16.9 Å². The number of pyridine rings is 1. The molecule has 0 aliphatic carbocycles. The second-order valence-electron chi connectivity index (χ2n) is 7.00. The maximum atomic E-state index is 15.0. The normalized spacial score (nSPS) is 13.4. The maximum Gasteiger partial charge on any atom is 0.361 e. The van der Waals surface area contributed by atoms with E-state index in [2.05, 4.69) is 10.3 Å². The van der Waals surface area contributed by atoms with Crippen LogP contribution in [-0.4, -0.2) is 23.9 Å². The Hall–Kier alpha value is -3.35. The average Bonchev–Trinajstić information content (AvgIpc) is 2.74. The number of carbonyl (C=O) groups excluding carboxylic acids is 1. The van der Waals surface area contributed by atoms with E-state index in [0.29, 0.717) is 18.2 Å². The van der Waals surface area contributed by atoms with E-state index in [9.17, 15) is 18.0 Å². The van der Waals surface area contributed by atoms with Crippen molar-refractivity contribution in [1.29, 1.82) is 0 Å². The van der Waals surface area contributed by atoms with Crippen LogP contribution in [0.3, 0.4) is 0 Å². The second kappa shape index (κ2) is 8.18. The number of nitrogens with zero attached hydrogens (tertiary/aromatic N) is 1. The molecule has 0 aliphatic heterocycles. The smallest absolute Gasteiger partial charge is 0.361 e. The van der Waals surface area contributed by atoms with Gasteiger partial charge in [-0.3, -0.25) is 9.78 Å². The lowest BCUT2D eigenvalue weighted by Gasteiger charge is -2.29. The topological polar surface area (TPSA) is 51.2 Å². The molecule has 4 nitrogen and oxygen atoms in total. The number of alkyl halides is 3. The number of anilines is 1. The lowest BCUT2D eigenvalue weighted by Crippen LogP contribution is -2.48. The molecule has 1 heterocycles. The summed E-state index contributed by atoms with van der Waals surface area (Å²) in [4.78, 5) is 16.4. The lowest BCUT2D eigenvalue weighted by atomic mass is 9.90. The molecule has 0 saturated heterocycles. The molecular weight excluding hydrogens is 393 g/mol. The van der Waals surface area contributed by atoms with Crippen molar-refractivity contribution in [3.05, 3.63) is 78.1 Å². The second-order valence-corrected chi connectivity index (χ2v) is 7.00. The third-order valence-electron chi connectivity index (χ3n) is 4.86. The molecule has 0 saturated carbocycles. The Labute approximate surface area is 172 Å². The molecule has 3 rings (SSSR count). The van der Waals surface area contributed by atoms with Gasteiger partial charge in [0, 0.05) is 29.2 Å². The van der Waals surface area contributed by atoms with E-state index in [4.69, 9.17) is 4.74 Å². The van der Waals surface area contributed by atoms with Gasteiger partial charge >= 0.3 is 5.92 Å². The zero-order chi connectivity index (χ0) is 21.9. The van der Waals surface area contributed by atoms with Gasteiger partial charge < -0.3 is 10.1 Å². The van der Waals surface area contributed by atoms with Crippen LogP contribution in [0.15, 0.2) is 66.9 Å². The summed E-state index contributed by atoms with van der Waals surface area (Å²) in [6, 6.07) is 15.0. The van der Waals surface area contributed by atoms with Crippen molar-refractivity contribution in [2.24, 2.45) is 0 Å². The van der Waals surface area contributed by atoms with Crippen LogP contribution in [0.1, 0.15) is 18.2 Å². The molecule has 3 aromatic rings. The zero-order valence-electron chi connectivity index (χ0n) is 16.7. The Morgan fingerprint density at radius 3 is 2.37 bits per heavy atom. The Morgan fingerprint density at radius 2 is 1.73 bits per heavy atom. The van der Waals surface area contributed by atoms with Gasteiger partial charge in [0.05, 0.1) is 7.11 Å². The first-order valence-electron chi connectivity index (χ1n) is 9.21. The van der Waals surface area contributed by atoms with E-state index in [1.54, 1.807) is 24.4 Å².